The summed E-state index contributed by atoms with van der Waals surface area (Å²) in [4.78, 5) is 43.4. The first-order valence-corrected chi connectivity index (χ1v) is 13.5. The molecular weight excluding hydrogens is 514 g/mol. The van der Waals surface area contributed by atoms with Gasteiger partial charge in [-0.2, -0.15) is 0 Å². The molecule has 208 valence electrons. The minimum atomic E-state index is -0.739. The molecule has 3 amide bonds. The van der Waals surface area contributed by atoms with Crippen molar-refractivity contribution in [1.29, 1.82) is 0 Å². The quantitative estimate of drug-likeness (QED) is 0.306. The predicted octanol–water partition coefficient (Wildman–Crippen LogP) is 7.19. The molecule has 3 aromatic carbocycles. The van der Waals surface area contributed by atoms with E-state index < -0.39 is 17.4 Å². The Kier molecular flexibility index (Phi) is 7.13. The van der Waals surface area contributed by atoms with Crippen LogP contribution in [-0.2, 0) is 14.9 Å². The molecule has 7 nitrogen and oxygen atoms in total. The topological polar surface area (TPSA) is 70.2 Å². The molecule has 1 atom stereocenters. The number of nitrogens with zero attached hydrogens (tertiary/aromatic N) is 3. The molecule has 3 aromatic rings. The third-order valence-corrected chi connectivity index (χ3v) is 7.80. The number of hydrogen-bond donors (Lipinski definition) is 0. The van der Waals surface area contributed by atoms with E-state index in [-0.39, 0.29) is 11.7 Å². The van der Waals surface area contributed by atoms with Crippen molar-refractivity contribution in [2.75, 3.05) is 23.9 Å². The number of para-hydroxylation sites is 1. The fourth-order valence-corrected chi connectivity index (χ4v) is 5.33. The third kappa shape index (κ3) is 4.73. The van der Waals surface area contributed by atoms with Gasteiger partial charge in [0, 0.05) is 36.5 Å². The summed E-state index contributed by atoms with van der Waals surface area (Å²) in [7, 11) is 3.45. The standard InChI is InChI=1S/C34H33N3O4/c1-7-34(4)27-21-23(22(2)3)16-17-28(27)36(26-15-11-12-24(20-26)31(38)35(5)6)30(34)19-18-29-32(39)37(33(40)41-29)25-13-9-8-10-14-25/h8-21H,2,7H2,1,3-6H3/b29-18-,30-19+. The smallest absolute Gasteiger partial charge is 0.404 e. The van der Waals surface area contributed by atoms with Crippen LogP contribution in [0.5, 0.6) is 0 Å². The molecule has 0 radical (unpaired) electrons. The Hall–Kier alpha value is -4.91. The van der Waals surface area contributed by atoms with E-state index in [1.54, 1.807) is 55.4 Å². The number of fused-ring (bicyclic) bond motifs is 1. The summed E-state index contributed by atoms with van der Waals surface area (Å²) in [5, 5.41) is 0. The monoisotopic (exact) mass is 547 g/mol. The first kappa shape index (κ1) is 27.6. The number of allylic oxidation sites excluding steroid dienone is 4. The Morgan fingerprint density at radius 3 is 2.29 bits per heavy atom. The van der Waals surface area contributed by atoms with Crippen LogP contribution in [0, 0.1) is 0 Å². The van der Waals surface area contributed by atoms with Gasteiger partial charge in [-0.15, -0.1) is 0 Å². The van der Waals surface area contributed by atoms with E-state index in [0.717, 1.165) is 45.1 Å². The van der Waals surface area contributed by atoms with E-state index in [1.165, 1.54) is 0 Å². The van der Waals surface area contributed by atoms with Gasteiger partial charge in [-0.1, -0.05) is 49.4 Å². The van der Waals surface area contributed by atoms with Gasteiger partial charge in [0.15, 0.2) is 5.76 Å². The van der Waals surface area contributed by atoms with Crippen LogP contribution >= 0.6 is 0 Å². The summed E-state index contributed by atoms with van der Waals surface area (Å²) in [6.45, 7) is 10.4. The van der Waals surface area contributed by atoms with Crippen molar-refractivity contribution in [3.05, 3.63) is 120 Å². The van der Waals surface area contributed by atoms with E-state index in [2.05, 4.69) is 37.5 Å². The van der Waals surface area contributed by atoms with Gasteiger partial charge in [0.25, 0.3) is 5.91 Å². The summed E-state index contributed by atoms with van der Waals surface area (Å²) < 4.78 is 5.42. The van der Waals surface area contributed by atoms with E-state index in [1.807, 2.05) is 43.3 Å². The number of ether oxygens (including phenoxy) is 1. The zero-order valence-corrected chi connectivity index (χ0v) is 24.0. The van der Waals surface area contributed by atoms with E-state index in [4.69, 9.17) is 4.74 Å². The average molecular weight is 548 g/mol. The number of imide groups is 1. The number of carbonyl (C=O) groups excluding carboxylic acids is 3. The van der Waals surface area contributed by atoms with E-state index >= 15 is 0 Å². The van der Waals surface area contributed by atoms with Crippen LogP contribution < -0.4 is 9.80 Å². The van der Waals surface area contributed by atoms with Gasteiger partial charge in [0.05, 0.1) is 11.4 Å². The van der Waals surface area contributed by atoms with Crippen LogP contribution in [0.3, 0.4) is 0 Å². The molecule has 1 unspecified atom stereocenters. The molecule has 2 aliphatic rings. The van der Waals surface area contributed by atoms with Crippen molar-refractivity contribution in [1.82, 2.24) is 4.90 Å². The van der Waals surface area contributed by atoms with Crippen molar-refractivity contribution in [3.8, 4) is 0 Å². The fraction of sp³-hybridized carbons (Fsp3) is 0.206. The summed E-state index contributed by atoms with van der Waals surface area (Å²) in [5.41, 5.74) is 6.33. The molecule has 2 heterocycles. The van der Waals surface area contributed by atoms with Crippen LogP contribution in [0.25, 0.3) is 5.57 Å². The molecule has 7 heteroatoms. The Bertz CT molecular complexity index is 1640. The highest BCUT2D eigenvalue weighted by molar-refractivity contribution is 6.23. The van der Waals surface area contributed by atoms with Gasteiger partial charge < -0.3 is 14.5 Å². The number of cyclic esters (lactones) is 1. The second-order valence-corrected chi connectivity index (χ2v) is 10.7. The first-order valence-electron chi connectivity index (χ1n) is 13.5. The van der Waals surface area contributed by atoms with Crippen LogP contribution in [0.4, 0.5) is 21.9 Å². The maximum atomic E-state index is 13.2. The zero-order valence-electron chi connectivity index (χ0n) is 24.0. The number of amides is 3. The highest BCUT2D eigenvalue weighted by Gasteiger charge is 2.44. The average Bonchev–Trinajstić information content (AvgIpc) is 3.40. The number of carbonyl (C=O) groups is 3. The van der Waals surface area contributed by atoms with Crippen LogP contribution in [-0.4, -0.2) is 36.9 Å². The molecule has 5 rings (SSSR count). The van der Waals surface area contributed by atoms with Gasteiger partial charge >= 0.3 is 12.0 Å². The number of anilines is 3. The minimum absolute atomic E-state index is 0.0557. The maximum Gasteiger partial charge on any atom is 0.427 e. The molecule has 1 saturated heterocycles. The predicted molar refractivity (Wildman–Crippen MR) is 162 cm³/mol. The molecule has 0 N–H and O–H groups in total. The summed E-state index contributed by atoms with van der Waals surface area (Å²) in [5.74, 6) is -0.680. The number of hydrogen-bond acceptors (Lipinski definition) is 5. The molecule has 0 saturated carbocycles. The highest BCUT2D eigenvalue weighted by Crippen LogP contribution is 2.53. The fourth-order valence-electron chi connectivity index (χ4n) is 5.33. The molecule has 41 heavy (non-hydrogen) atoms. The van der Waals surface area contributed by atoms with Gasteiger partial charge in [0.2, 0.25) is 0 Å². The lowest BCUT2D eigenvalue weighted by atomic mass is 9.78. The SMILES string of the molecule is C=C(C)c1ccc2c(c1)C(C)(CC)/C(=C\C=C1/OC(=O)N(c3ccccc3)C1=O)N2c1cccc(C(=O)N(C)C)c1. The normalized spacial score (nSPS) is 20.0. The Morgan fingerprint density at radius 1 is 0.927 bits per heavy atom. The lowest BCUT2D eigenvalue weighted by Gasteiger charge is -2.29. The summed E-state index contributed by atoms with van der Waals surface area (Å²) in [6, 6.07) is 22.5. The number of benzene rings is 3. The molecule has 0 bridgehead atoms. The molecule has 2 aliphatic heterocycles. The summed E-state index contributed by atoms with van der Waals surface area (Å²) in [6.07, 6.45) is 3.43. The van der Waals surface area contributed by atoms with Crippen molar-refractivity contribution in [2.24, 2.45) is 0 Å². The van der Waals surface area contributed by atoms with Crippen LogP contribution in [0.2, 0.25) is 0 Å². The minimum Gasteiger partial charge on any atom is -0.404 e. The van der Waals surface area contributed by atoms with E-state index in [0.29, 0.717) is 11.3 Å². The highest BCUT2D eigenvalue weighted by atomic mass is 16.6. The Morgan fingerprint density at radius 2 is 1.63 bits per heavy atom. The molecule has 0 aromatic heterocycles. The van der Waals surface area contributed by atoms with Gasteiger partial charge in [0.1, 0.15) is 0 Å². The molecule has 1 fully saturated rings. The van der Waals surface area contributed by atoms with Crippen molar-refractivity contribution in [2.45, 2.75) is 32.6 Å². The largest absolute Gasteiger partial charge is 0.427 e. The lowest BCUT2D eigenvalue weighted by Crippen LogP contribution is -2.28. The molecular formula is C34H33N3O4. The van der Waals surface area contributed by atoms with Gasteiger partial charge in [-0.3, -0.25) is 9.59 Å². The van der Waals surface area contributed by atoms with Crippen molar-refractivity contribution in [3.63, 3.8) is 0 Å². The second kappa shape index (κ2) is 10.6. The van der Waals surface area contributed by atoms with Crippen LogP contribution in [0.1, 0.15) is 48.7 Å². The van der Waals surface area contributed by atoms with Crippen LogP contribution in [0.15, 0.2) is 103 Å². The maximum absolute atomic E-state index is 13.2. The Balaban J connectivity index is 1.66. The van der Waals surface area contributed by atoms with Crippen molar-refractivity contribution < 1.29 is 19.1 Å². The zero-order chi connectivity index (χ0) is 29.5. The lowest BCUT2D eigenvalue weighted by molar-refractivity contribution is -0.114. The van der Waals surface area contributed by atoms with Gasteiger partial charge in [-0.25, -0.2) is 9.69 Å². The number of rotatable bonds is 6. The van der Waals surface area contributed by atoms with E-state index in [9.17, 15) is 14.4 Å². The first-order chi connectivity index (χ1) is 19.6. The second-order valence-electron chi connectivity index (χ2n) is 10.7. The molecule has 0 aliphatic carbocycles. The molecule has 0 spiro atoms. The van der Waals surface area contributed by atoms with Crippen molar-refractivity contribution >= 4 is 40.5 Å². The summed E-state index contributed by atoms with van der Waals surface area (Å²) >= 11 is 0. The Labute approximate surface area is 240 Å². The van der Waals surface area contributed by atoms with Gasteiger partial charge in [-0.05, 0) is 86.0 Å². The third-order valence-electron chi connectivity index (χ3n) is 7.80.